The van der Waals surface area contributed by atoms with Crippen LogP contribution in [0.3, 0.4) is 0 Å². The molecule has 1 heterocycles. The van der Waals surface area contributed by atoms with Crippen LogP contribution in [-0.4, -0.2) is 49.9 Å². The fourth-order valence-corrected chi connectivity index (χ4v) is 4.37. The number of rotatable bonds is 4. The maximum atomic E-state index is 12.7. The molecule has 1 aliphatic rings. The lowest BCUT2D eigenvalue weighted by atomic mass is 10.2. The highest BCUT2D eigenvalue weighted by atomic mass is 32.2. The van der Waals surface area contributed by atoms with Crippen LogP contribution in [-0.2, 0) is 21.4 Å². The smallest absolute Gasteiger partial charge is 0.410 e. The quantitative estimate of drug-likeness (QED) is 0.825. The second-order valence-electron chi connectivity index (χ2n) is 6.25. The van der Waals surface area contributed by atoms with Crippen molar-refractivity contribution in [1.29, 1.82) is 0 Å². The van der Waals surface area contributed by atoms with Gasteiger partial charge in [-0.25, -0.2) is 13.2 Å². The monoisotopic (exact) mass is 374 g/mol. The summed E-state index contributed by atoms with van der Waals surface area (Å²) in [6, 6.07) is 16.3. The first-order valence-electron chi connectivity index (χ1n) is 8.49. The van der Waals surface area contributed by atoms with Crippen molar-refractivity contribution in [2.75, 3.05) is 26.2 Å². The Morgan fingerprint density at radius 2 is 1.69 bits per heavy atom. The Morgan fingerprint density at radius 3 is 2.35 bits per heavy atom. The van der Waals surface area contributed by atoms with Crippen molar-refractivity contribution in [3.05, 3.63) is 65.7 Å². The third kappa shape index (κ3) is 4.23. The molecule has 3 rings (SSSR count). The first kappa shape index (κ1) is 18.4. The zero-order valence-electron chi connectivity index (χ0n) is 14.7. The molecule has 0 N–H and O–H groups in total. The van der Waals surface area contributed by atoms with Gasteiger partial charge in [0.25, 0.3) is 0 Å². The van der Waals surface area contributed by atoms with Crippen LogP contribution < -0.4 is 0 Å². The molecule has 2 aromatic rings. The Bertz CT molecular complexity index is 860. The van der Waals surface area contributed by atoms with Crippen molar-refractivity contribution in [2.45, 2.75) is 18.4 Å². The van der Waals surface area contributed by atoms with Crippen LogP contribution in [0.25, 0.3) is 0 Å². The van der Waals surface area contributed by atoms with E-state index in [1.165, 1.54) is 4.31 Å². The van der Waals surface area contributed by atoms with Crippen LogP contribution in [0.15, 0.2) is 59.5 Å². The fraction of sp³-hybridized carbons (Fsp3) is 0.316. The standard InChI is InChI=1S/C19H22N2O4S/c1-16-6-5-9-18(14-16)26(23,24)21-12-10-20(11-13-21)19(22)25-15-17-7-3-2-4-8-17/h2-9,14H,10-13,15H2,1H3. The zero-order chi connectivity index (χ0) is 18.6. The predicted molar refractivity (Wildman–Crippen MR) is 98.1 cm³/mol. The first-order valence-corrected chi connectivity index (χ1v) is 9.93. The van der Waals surface area contributed by atoms with E-state index in [1.807, 2.05) is 43.3 Å². The van der Waals surface area contributed by atoms with Gasteiger partial charge < -0.3 is 9.64 Å². The molecule has 1 amide bonds. The number of hydrogen-bond acceptors (Lipinski definition) is 4. The van der Waals surface area contributed by atoms with Gasteiger partial charge in [0.15, 0.2) is 0 Å². The van der Waals surface area contributed by atoms with Gasteiger partial charge in [-0.3, -0.25) is 0 Å². The topological polar surface area (TPSA) is 66.9 Å². The summed E-state index contributed by atoms with van der Waals surface area (Å²) in [6.45, 7) is 3.23. The molecule has 0 unspecified atom stereocenters. The fourth-order valence-electron chi connectivity index (χ4n) is 2.85. The van der Waals surface area contributed by atoms with E-state index in [4.69, 9.17) is 4.74 Å². The van der Waals surface area contributed by atoms with E-state index in [1.54, 1.807) is 23.1 Å². The number of amides is 1. The Kier molecular flexibility index (Phi) is 5.58. The highest BCUT2D eigenvalue weighted by molar-refractivity contribution is 7.89. The van der Waals surface area contributed by atoms with Crippen LogP contribution in [0.5, 0.6) is 0 Å². The van der Waals surface area contributed by atoms with Gasteiger partial charge >= 0.3 is 6.09 Å². The van der Waals surface area contributed by atoms with Crippen molar-refractivity contribution in [3.63, 3.8) is 0 Å². The third-order valence-corrected chi connectivity index (χ3v) is 6.22. The summed E-state index contributed by atoms with van der Waals surface area (Å²) in [7, 11) is -3.53. The number of carbonyl (C=O) groups is 1. The van der Waals surface area contributed by atoms with Crippen LogP contribution in [0, 0.1) is 6.92 Å². The Morgan fingerprint density at radius 1 is 1.00 bits per heavy atom. The second kappa shape index (κ2) is 7.88. The van der Waals surface area contributed by atoms with E-state index in [9.17, 15) is 13.2 Å². The number of aryl methyl sites for hydroxylation is 1. The molecule has 0 atom stereocenters. The van der Waals surface area contributed by atoms with Gasteiger partial charge in [-0.15, -0.1) is 0 Å². The Labute approximate surface area is 154 Å². The molecule has 0 saturated carbocycles. The van der Waals surface area contributed by atoms with Gasteiger partial charge in [-0.05, 0) is 30.2 Å². The van der Waals surface area contributed by atoms with Gasteiger partial charge in [0.2, 0.25) is 10.0 Å². The predicted octanol–water partition coefficient (Wildman–Crippen LogP) is 2.64. The lowest BCUT2D eigenvalue weighted by Gasteiger charge is -2.33. The Balaban J connectivity index is 1.56. The van der Waals surface area contributed by atoms with E-state index in [0.29, 0.717) is 13.1 Å². The summed E-state index contributed by atoms with van der Waals surface area (Å²) >= 11 is 0. The molecule has 1 fully saturated rings. The molecule has 26 heavy (non-hydrogen) atoms. The second-order valence-corrected chi connectivity index (χ2v) is 8.19. The molecule has 0 aromatic heterocycles. The lowest BCUT2D eigenvalue weighted by Crippen LogP contribution is -2.50. The van der Waals surface area contributed by atoms with E-state index in [0.717, 1.165) is 11.1 Å². The van der Waals surface area contributed by atoms with Crippen molar-refractivity contribution >= 4 is 16.1 Å². The molecule has 0 radical (unpaired) electrons. The van der Waals surface area contributed by atoms with Gasteiger partial charge in [-0.2, -0.15) is 4.31 Å². The summed E-state index contributed by atoms with van der Waals surface area (Å²) in [5.74, 6) is 0. The summed E-state index contributed by atoms with van der Waals surface area (Å²) in [5, 5.41) is 0. The highest BCUT2D eigenvalue weighted by Crippen LogP contribution is 2.19. The number of nitrogens with zero attached hydrogens (tertiary/aromatic N) is 2. The minimum Gasteiger partial charge on any atom is -0.445 e. The largest absolute Gasteiger partial charge is 0.445 e. The number of sulfonamides is 1. The maximum Gasteiger partial charge on any atom is 0.410 e. The molecule has 138 valence electrons. The molecular weight excluding hydrogens is 352 g/mol. The number of ether oxygens (including phenoxy) is 1. The van der Waals surface area contributed by atoms with E-state index < -0.39 is 16.1 Å². The summed E-state index contributed by atoms with van der Waals surface area (Å²) in [4.78, 5) is 14.0. The normalized spacial score (nSPS) is 15.7. The van der Waals surface area contributed by atoms with E-state index >= 15 is 0 Å². The number of benzene rings is 2. The van der Waals surface area contributed by atoms with Gasteiger partial charge in [0.1, 0.15) is 6.61 Å². The molecule has 0 bridgehead atoms. The van der Waals surface area contributed by atoms with Gasteiger partial charge in [0.05, 0.1) is 4.90 Å². The average Bonchev–Trinajstić information content (AvgIpc) is 2.67. The van der Waals surface area contributed by atoms with Gasteiger partial charge in [-0.1, -0.05) is 42.5 Å². The summed E-state index contributed by atoms with van der Waals surface area (Å²) < 4.78 is 32.2. The summed E-state index contributed by atoms with van der Waals surface area (Å²) in [5.41, 5.74) is 1.82. The van der Waals surface area contributed by atoms with Crippen molar-refractivity contribution < 1.29 is 17.9 Å². The van der Waals surface area contributed by atoms with Crippen LogP contribution >= 0.6 is 0 Å². The minimum atomic E-state index is -3.53. The SMILES string of the molecule is Cc1cccc(S(=O)(=O)N2CCN(C(=O)OCc3ccccc3)CC2)c1. The molecule has 6 nitrogen and oxygen atoms in total. The Hall–Kier alpha value is -2.38. The van der Waals surface area contributed by atoms with E-state index in [2.05, 4.69) is 0 Å². The van der Waals surface area contributed by atoms with Gasteiger partial charge in [0, 0.05) is 26.2 Å². The minimum absolute atomic E-state index is 0.210. The lowest BCUT2D eigenvalue weighted by molar-refractivity contribution is 0.0838. The maximum absolute atomic E-state index is 12.7. The zero-order valence-corrected chi connectivity index (χ0v) is 15.5. The third-order valence-electron chi connectivity index (χ3n) is 4.33. The van der Waals surface area contributed by atoms with Crippen molar-refractivity contribution in [1.82, 2.24) is 9.21 Å². The van der Waals surface area contributed by atoms with Crippen LogP contribution in [0.4, 0.5) is 4.79 Å². The van der Waals surface area contributed by atoms with Crippen LogP contribution in [0.2, 0.25) is 0 Å². The number of hydrogen-bond donors (Lipinski definition) is 0. The molecule has 7 heteroatoms. The molecule has 0 aliphatic carbocycles. The molecule has 1 aliphatic heterocycles. The molecule has 0 spiro atoms. The molecular formula is C19H22N2O4S. The molecule has 2 aromatic carbocycles. The molecule has 1 saturated heterocycles. The number of piperazine rings is 1. The van der Waals surface area contributed by atoms with Crippen molar-refractivity contribution in [3.8, 4) is 0 Å². The van der Waals surface area contributed by atoms with Crippen molar-refractivity contribution in [2.24, 2.45) is 0 Å². The highest BCUT2D eigenvalue weighted by Gasteiger charge is 2.30. The first-order chi connectivity index (χ1) is 12.5. The average molecular weight is 374 g/mol. The van der Waals surface area contributed by atoms with E-state index in [-0.39, 0.29) is 24.6 Å². The number of carbonyl (C=O) groups excluding carboxylic acids is 1. The summed E-state index contributed by atoms with van der Waals surface area (Å²) in [6.07, 6.45) is -0.415. The van der Waals surface area contributed by atoms with Crippen LogP contribution in [0.1, 0.15) is 11.1 Å².